The zero-order valence-electron chi connectivity index (χ0n) is 11.1. The minimum Gasteiger partial charge on any atom is -0.486 e. The monoisotopic (exact) mass is 313 g/mol. The van der Waals surface area contributed by atoms with Crippen molar-refractivity contribution in [2.45, 2.75) is 13.3 Å². The zero-order chi connectivity index (χ0) is 14.4. The molecule has 0 fully saturated rings. The van der Waals surface area contributed by atoms with Crippen LogP contribution < -0.4 is 20.2 Å². The van der Waals surface area contributed by atoms with E-state index in [9.17, 15) is 0 Å². The first-order chi connectivity index (χ1) is 9.70. The summed E-state index contributed by atoms with van der Waals surface area (Å²) in [5.41, 5.74) is 3.55. The SMILES string of the molecule is CCCNC(=S)N/N=C\c1cc(Cl)c2c(c1)OCCO2. The molecule has 1 aromatic carbocycles. The van der Waals surface area contributed by atoms with E-state index in [2.05, 4.69) is 22.8 Å². The lowest BCUT2D eigenvalue weighted by Crippen LogP contribution is -2.32. The Bertz CT molecular complexity index is 523. The van der Waals surface area contributed by atoms with Crippen LogP contribution >= 0.6 is 23.8 Å². The van der Waals surface area contributed by atoms with Crippen LogP contribution in [-0.4, -0.2) is 31.1 Å². The Hall–Kier alpha value is -1.53. The van der Waals surface area contributed by atoms with Gasteiger partial charge in [-0.15, -0.1) is 0 Å². The Morgan fingerprint density at radius 2 is 2.25 bits per heavy atom. The highest BCUT2D eigenvalue weighted by atomic mass is 35.5. The lowest BCUT2D eigenvalue weighted by Gasteiger charge is -2.19. The van der Waals surface area contributed by atoms with Gasteiger partial charge >= 0.3 is 0 Å². The Morgan fingerprint density at radius 3 is 3.05 bits per heavy atom. The molecule has 0 atom stereocenters. The highest BCUT2D eigenvalue weighted by Gasteiger charge is 2.15. The van der Waals surface area contributed by atoms with Gasteiger partial charge in [-0.3, -0.25) is 5.43 Å². The van der Waals surface area contributed by atoms with E-state index in [1.54, 1.807) is 12.3 Å². The van der Waals surface area contributed by atoms with Gasteiger partial charge in [0.25, 0.3) is 0 Å². The quantitative estimate of drug-likeness (QED) is 0.507. The lowest BCUT2D eigenvalue weighted by molar-refractivity contribution is 0.171. The Balaban J connectivity index is 1.99. The van der Waals surface area contributed by atoms with Crippen molar-refractivity contribution < 1.29 is 9.47 Å². The first-order valence-electron chi connectivity index (χ1n) is 6.36. The Morgan fingerprint density at radius 1 is 1.45 bits per heavy atom. The molecule has 1 aromatic rings. The van der Waals surface area contributed by atoms with Gasteiger partial charge in [0.2, 0.25) is 0 Å². The van der Waals surface area contributed by atoms with Gasteiger partial charge in [0.15, 0.2) is 16.6 Å². The summed E-state index contributed by atoms with van der Waals surface area (Å²) >= 11 is 11.2. The van der Waals surface area contributed by atoms with Gasteiger partial charge in [-0.1, -0.05) is 18.5 Å². The third-order valence-electron chi connectivity index (χ3n) is 2.53. The fourth-order valence-electron chi connectivity index (χ4n) is 1.65. The molecular formula is C13H16ClN3O2S. The van der Waals surface area contributed by atoms with Gasteiger partial charge in [0.05, 0.1) is 11.2 Å². The van der Waals surface area contributed by atoms with Crippen LogP contribution in [0.25, 0.3) is 0 Å². The van der Waals surface area contributed by atoms with E-state index in [0.717, 1.165) is 18.5 Å². The van der Waals surface area contributed by atoms with Crippen LogP contribution in [0.1, 0.15) is 18.9 Å². The molecule has 0 aliphatic carbocycles. The van der Waals surface area contributed by atoms with Gasteiger partial charge in [0, 0.05) is 6.54 Å². The second-order valence-electron chi connectivity index (χ2n) is 4.15. The first-order valence-corrected chi connectivity index (χ1v) is 7.15. The topological polar surface area (TPSA) is 54.9 Å². The molecule has 1 aliphatic heterocycles. The lowest BCUT2D eigenvalue weighted by atomic mass is 10.2. The van der Waals surface area contributed by atoms with Crippen LogP contribution in [-0.2, 0) is 0 Å². The molecule has 1 heterocycles. The van der Waals surface area contributed by atoms with Crippen molar-refractivity contribution in [2.75, 3.05) is 19.8 Å². The van der Waals surface area contributed by atoms with Gasteiger partial charge in [-0.05, 0) is 36.3 Å². The van der Waals surface area contributed by atoms with Crippen LogP contribution in [0.15, 0.2) is 17.2 Å². The molecule has 0 unspecified atom stereocenters. The predicted octanol–water partition coefficient (Wildman–Crippen LogP) is 2.32. The molecule has 1 aliphatic rings. The van der Waals surface area contributed by atoms with Crippen LogP contribution in [0.4, 0.5) is 0 Å². The average Bonchev–Trinajstić information content (AvgIpc) is 2.45. The molecular weight excluding hydrogens is 298 g/mol. The average molecular weight is 314 g/mol. The van der Waals surface area contributed by atoms with Crippen molar-refractivity contribution >= 4 is 35.1 Å². The molecule has 7 heteroatoms. The maximum atomic E-state index is 6.13. The number of hydrogen-bond donors (Lipinski definition) is 2. The highest BCUT2D eigenvalue weighted by Crippen LogP contribution is 2.37. The number of benzene rings is 1. The summed E-state index contributed by atoms with van der Waals surface area (Å²) in [6.45, 7) is 3.92. The predicted molar refractivity (Wildman–Crippen MR) is 84.1 cm³/mol. The minimum absolute atomic E-state index is 0.492. The molecule has 2 rings (SSSR count). The van der Waals surface area contributed by atoms with Crippen molar-refractivity contribution in [3.8, 4) is 11.5 Å². The van der Waals surface area contributed by atoms with Crippen LogP contribution in [0.5, 0.6) is 11.5 Å². The Kier molecular flexibility index (Phi) is 5.43. The van der Waals surface area contributed by atoms with Crippen LogP contribution in [0.3, 0.4) is 0 Å². The fraction of sp³-hybridized carbons (Fsp3) is 0.385. The number of thiocarbonyl (C=S) groups is 1. The van der Waals surface area contributed by atoms with Gasteiger partial charge in [-0.25, -0.2) is 0 Å². The van der Waals surface area contributed by atoms with Crippen molar-refractivity contribution in [1.29, 1.82) is 0 Å². The summed E-state index contributed by atoms with van der Waals surface area (Å²) in [5.74, 6) is 1.22. The van der Waals surface area contributed by atoms with E-state index in [0.29, 0.717) is 34.8 Å². The molecule has 20 heavy (non-hydrogen) atoms. The number of hydrazone groups is 1. The second-order valence-corrected chi connectivity index (χ2v) is 4.97. The number of fused-ring (bicyclic) bond motifs is 1. The van der Waals surface area contributed by atoms with E-state index in [4.69, 9.17) is 33.3 Å². The van der Waals surface area contributed by atoms with E-state index < -0.39 is 0 Å². The number of halogens is 1. The number of nitrogens with one attached hydrogen (secondary N) is 2. The normalized spacial score (nSPS) is 13.3. The molecule has 0 radical (unpaired) electrons. The summed E-state index contributed by atoms with van der Waals surface area (Å²) in [5, 5.41) is 8.07. The van der Waals surface area contributed by atoms with Crippen molar-refractivity contribution in [3.05, 3.63) is 22.7 Å². The van der Waals surface area contributed by atoms with Gasteiger partial charge in [0.1, 0.15) is 13.2 Å². The van der Waals surface area contributed by atoms with Crippen molar-refractivity contribution in [3.63, 3.8) is 0 Å². The molecule has 0 spiro atoms. The molecule has 0 saturated carbocycles. The summed E-state index contributed by atoms with van der Waals surface area (Å²) in [7, 11) is 0. The van der Waals surface area contributed by atoms with Crippen molar-refractivity contribution in [2.24, 2.45) is 5.10 Å². The number of nitrogens with zero attached hydrogens (tertiary/aromatic N) is 1. The molecule has 0 saturated heterocycles. The minimum atomic E-state index is 0.492. The third-order valence-corrected chi connectivity index (χ3v) is 3.05. The smallest absolute Gasteiger partial charge is 0.186 e. The molecule has 0 aromatic heterocycles. The largest absolute Gasteiger partial charge is 0.486 e. The number of hydrogen-bond acceptors (Lipinski definition) is 4. The summed E-state index contributed by atoms with van der Waals surface area (Å²) in [4.78, 5) is 0. The van der Waals surface area contributed by atoms with Crippen LogP contribution in [0.2, 0.25) is 5.02 Å². The molecule has 0 bridgehead atoms. The van der Waals surface area contributed by atoms with Gasteiger partial charge < -0.3 is 14.8 Å². The standard InChI is InChI=1S/C13H16ClN3O2S/c1-2-3-15-13(20)17-16-8-9-6-10(14)12-11(7-9)18-4-5-19-12/h6-8H,2-5H2,1H3,(H2,15,17,20)/b16-8-. The Labute approximate surface area is 128 Å². The van der Waals surface area contributed by atoms with E-state index >= 15 is 0 Å². The van der Waals surface area contributed by atoms with E-state index in [1.165, 1.54) is 0 Å². The second kappa shape index (κ2) is 7.31. The highest BCUT2D eigenvalue weighted by molar-refractivity contribution is 7.80. The summed E-state index contributed by atoms with van der Waals surface area (Å²) in [6.07, 6.45) is 2.63. The summed E-state index contributed by atoms with van der Waals surface area (Å²) in [6, 6.07) is 3.59. The number of ether oxygens (including phenoxy) is 2. The number of rotatable bonds is 4. The van der Waals surface area contributed by atoms with E-state index in [-0.39, 0.29) is 0 Å². The molecule has 2 N–H and O–H groups in total. The van der Waals surface area contributed by atoms with E-state index in [1.807, 2.05) is 6.07 Å². The molecule has 108 valence electrons. The maximum absolute atomic E-state index is 6.13. The van der Waals surface area contributed by atoms with Crippen LogP contribution in [0, 0.1) is 0 Å². The van der Waals surface area contributed by atoms with Crippen molar-refractivity contribution in [1.82, 2.24) is 10.7 Å². The first kappa shape index (κ1) is 14.9. The molecule has 0 amide bonds. The molecule has 5 nitrogen and oxygen atoms in total. The third kappa shape index (κ3) is 3.98. The fourth-order valence-corrected chi connectivity index (χ4v) is 2.08. The summed E-state index contributed by atoms with van der Waals surface area (Å²) < 4.78 is 10.9. The maximum Gasteiger partial charge on any atom is 0.186 e. The van der Waals surface area contributed by atoms with Gasteiger partial charge in [-0.2, -0.15) is 5.10 Å². The zero-order valence-corrected chi connectivity index (χ0v) is 12.7.